The fourth-order valence-corrected chi connectivity index (χ4v) is 2.66. The van der Waals surface area contributed by atoms with Crippen LogP contribution in [0, 0.1) is 6.92 Å². The third kappa shape index (κ3) is 3.08. The third-order valence-electron chi connectivity index (χ3n) is 4.11. The molecule has 0 spiro atoms. The predicted molar refractivity (Wildman–Crippen MR) is 82.0 cm³/mol. The highest BCUT2D eigenvalue weighted by molar-refractivity contribution is 5.49. The lowest BCUT2D eigenvalue weighted by Crippen LogP contribution is -2.32. The number of likely N-dealkylation sites (N-methyl/N-ethyl adjacent to an activating group) is 1. The van der Waals surface area contributed by atoms with Gasteiger partial charge in [-0.25, -0.2) is 4.98 Å². The van der Waals surface area contributed by atoms with Gasteiger partial charge in [0.1, 0.15) is 5.82 Å². The molecular weight excluding hydrogens is 234 g/mol. The van der Waals surface area contributed by atoms with Gasteiger partial charge in [0, 0.05) is 25.3 Å². The maximum absolute atomic E-state index is 4.73. The van der Waals surface area contributed by atoms with E-state index in [0.29, 0.717) is 6.04 Å². The van der Waals surface area contributed by atoms with Gasteiger partial charge < -0.3 is 9.80 Å². The van der Waals surface area contributed by atoms with Gasteiger partial charge in [-0.2, -0.15) is 0 Å². The standard InChI is InChI=1S/C16H27N3/c1-12-9-13(16(2,3)4)10-17-15(12)19-8-7-14(11-19)18(5)6/h9-10,14H,7-8,11H2,1-6H3/t14-/m1/s1. The van der Waals surface area contributed by atoms with Crippen molar-refractivity contribution in [2.45, 2.75) is 45.6 Å². The van der Waals surface area contributed by atoms with Gasteiger partial charge >= 0.3 is 0 Å². The van der Waals surface area contributed by atoms with Gasteiger partial charge in [0.25, 0.3) is 0 Å². The molecule has 1 aliphatic rings. The highest BCUT2D eigenvalue weighted by Crippen LogP contribution is 2.28. The summed E-state index contributed by atoms with van der Waals surface area (Å²) in [5.74, 6) is 1.16. The number of anilines is 1. The van der Waals surface area contributed by atoms with Crippen LogP contribution >= 0.6 is 0 Å². The van der Waals surface area contributed by atoms with Crippen LogP contribution in [0.1, 0.15) is 38.3 Å². The second-order valence-corrected chi connectivity index (χ2v) is 6.97. The zero-order valence-corrected chi connectivity index (χ0v) is 13.2. The molecule has 0 aromatic carbocycles. The van der Waals surface area contributed by atoms with Crippen LogP contribution in [0.5, 0.6) is 0 Å². The monoisotopic (exact) mass is 261 g/mol. The SMILES string of the molecule is Cc1cc(C(C)(C)C)cnc1N1CC[C@@H](N(C)C)C1. The highest BCUT2D eigenvalue weighted by Gasteiger charge is 2.26. The molecule has 0 N–H and O–H groups in total. The van der Waals surface area contributed by atoms with Gasteiger partial charge in [0.05, 0.1) is 0 Å². The van der Waals surface area contributed by atoms with E-state index in [4.69, 9.17) is 4.98 Å². The maximum atomic E-state index is 4.73. The Hall–Kier alpha value is -1.09. The Kier molecular flexibility index (Phi) is 3.86. The van der Waals surface area contributed by atoms with E-state index in [0.717, 1.165) is 18.9 Å². The Balaban J connectivity index is 2.19. The Bertz CT molecular complexity index is 446. The van der Waals surface area contributed by atoms with Crippen molar-refractivity contribution in [1.82, 2.24) is 9.88 Å². The molecule has 106 valence electrons. The van der Waals surface area contributed by atoms with E-state index < -0.39 is 0 Å². The Labute approximate surface area is 117 Å². The lowest BCUT2D eigenvalue weighted by Gasteiger charge is -2.24. The summed E-state index contributed by atoms with van der Waals surface area (Å²) in [7, 11) is 4.33. The number of hydrogen-bond donors (Lipinski definition) is 0. The molecule has 1 aromatic rings. The molecule has 1 fully saturated rings. The van der Waals surface area contributed by atoms with Gasteiger partial charge in [-0.3, -0.25) is 0 Å². The van der Waals surface area contributed by atoms with Gasteiger partial charge in [-0.15, -0.1) is 0 Å². The van der Waals surface area contributed by atoms with E-state index in [1.807, 2.05) is 6.20 Å². The third-order valence-corrected chi connectivity index (χ3v) is 4.11. The lowest BCUT2D eigenvalue weighted by molar-refractivity contribution is 0.315. The van der Waals surface area contributed by atoms with E-state index in [2.05, 4.69) is 57.7 Å². The van der Waals surface area contributed by atoms with Crippen molar-refractivity contribution < 1.29 is 0 Å². The van der Waals surface area contributed by atoms with Crippen LogP contribution in [-0.2, 0) is 5.41 Å². The fourth-order valence-electron chi connectivity index (χ4n) is 2.66. The molecule has 3 nitrogen and oxygen atoms in total. The first-order chi connectivity index (χ1) is 8.79. The topological polar surface area (TPSA) is 19.4 Å². The molecule has 0 amide bonds. The molecule has 3 heteroatoms. The minimum Gasteiger partial charge on any atom is -0.355 e. The van der Waals surface area contributed by atoms with Crippen molar-refractivity contribution in [3.8, 4) is 0 Å². The molecule has 0 bridgehead atoms. The fraction of sp³-hybridized carbons (Fsp3) is 0.688. The van der Waals surface area contributed by atoms with E-state index in [-0.39, 0.29) is 5.41 Å². The second-order valence-electron chi connectivity index (χ2n) is 6.97. The maximum Gasteiger partial charge on any atom is 0.131 e. The smallest absolute Gasteiger partial charge is 0.131 e. The minimum absolute atomic E-state index is 0.174. The first kappa shape index (κ1) is 14.3. The number of rotatable bonds is 2. The lowest BCUT2D eigenvalue weighted by atomic mass is 9.87. The quantitative estimate of drug-likeness (QED) is 0.816. The predicted octanol–water partition coefficient (Wildman–Crippen LogP) is 2.83. The van der Waals surface area contributed by atoms with E-state index >= 15 is 0 Å². The number of hydrogen-bond acceptors (Lipinski definition) is 3. The van der Waals surface area contributed by atoms with E-state index in [1.165, 1.54) is 17.5 Å². The summed E-state index contributed by atoms with van der Waals surface area (Å²) in [6, 6.07) is 2.95. The van der Waals surface area contributed by atoms with Crippen LogP contribution < -0.4 is 4.90 Å². The van der Waals surface area contributed by atoms with Crippen LogP contribution in [0.2, 0.25) is 0 Å². The number of nitrogens with zero attached hydrogens (tertiary/aromatic N) is 3. The van der Waals surface area contributed by atoms with Gasteiger partial charge in [0.15, 0.2) is 0 Å². The zero-order chi connectivity index (χ0) is 14.2. The molecule has 0 unspecified atom stereocenters. The van der Waals surface area contributed by atoms with Crippen LogP contribution in [0.3, 0.4) is 0 Å². The average Bonchev–Trinajstić information content (AvgIpc) is 2.76. The van der Waals surface area contributed by atoms with Crippen LogP contribution in [0.25, 0.3) is 0 Å². The molecule has 2 heterocycles. The van der Waals surface area contributed by atoms with Crippen LogP contribution in [0.4, 0.5) is 5.82 Å². The molecule has 1 atom stereocenters. The summed E-state index contributed by atoms with van der Waals surface area (Å²) in [5, 5.41) is 0. The number of aryl methyl sites for hydroxylation is 1. The van der Waals surface area contributed by atoms with E-state index in [9.17, 15) is 0 Å². The molecular formula is C16H27N3. The summed E-state index contributed by atoms with van der Waals surface area (Å²) >= 11 is 0. The van der Waals surface area contributed by atoms with Crippen molar-refractivity contribution in [1.29, 1.82) is 0 Å². The molecule has 0 saturated carbocycles. The number of pyridine rings is 1. The molecule has 1 aromatic heterocycles. The van der Waals surface area contributed by atoms with Crippen LogP contribution in [-0.4, -0.2) is 43.1 Å². The molecule has 2 rings (SSSR count). The van der Waals surface area contributed by atoms with Crippen molar-refractivity contribution in [3.05, 3.63) is 23.4 Å². The van der Waals surface area contributed by atoms with E-state index in [1.54, 1.807) is 0 Å². The Morgan fingerprint density at radius 1 is 1.32 bits per heavy atom. The average molecular weight is 261 g/mol. The van der Waals surface area contributed by atoms with Gasteiger partial charge in [-0.05, 0) is 44.0 Å². The molecule has 1 saturated heterocycles. The summed E-state index contributed by atoms with van der Waals surface area (Å²) in [5.41, 5.74) is 2.79. The first-order valence-electron chi connectivity index (χ1n) is 7.17. The largest absolute Gasteiger partial charge is 0.355 e. The van der Waals surface area contributed by atoms with Gasteiger partial charge in [-0.1, -0.05) is 26.8 Å². The molecule has 0 radical (unpaired) electrons. The summed E-state index contributed by atoms with van der Waals surface area (Å²) in [4.78, 5) is 9.47. The summed E-state index contributed by atoms with van der Waals surface area (Å²) in [6.45, 7) is 11.1. The summed E-state index contributed by atoms with van der Waals surface area (Å²) < 4.78 is 0. The van der Waals surface area contributed by atoms with Crippen molar-refractivity contribution in [2.24, 2.45) is 0 Å². The first-order valence-corrected chi connectivity index (χ1v) is 7.17. The number of aromatic nitrogens is 1. The van der Waals surface area contributed by atoms with Crippen molar-refractivity contribution in [2.75, 3.05) is 32.1 Å². The van der Waals surface area contributed by atoms with Crippen LogP contribution in [0.15, 0.2) is 12.3 Å². The van der Waals surface area contributed by atoms with Crippen molar-refractivity contribution in [3.63, 3.8) is 0 Å². The van der Waals surface area contributed by atoms with Gasteiger partial charge in [0.2, 0.25) is 0 Å². The Morgan fingerprint density at radius 3 is 2.47 bits per heavy atom. The minimum atomic E-state index is 0.174. The Morgan fingerprint density at radius 2 is 2.00 bits per heavy atom. The second kappa shape index (κ2) is 5.12. The normalized spacial score (nSPS) is 20.4. The molecule has 1 aliphatic heterocycles. The zero-order valence-electron chi connectivity index (χ0n) is 13.2. The highest BCUT2D eigenvalue weighted by atomic mass is 15.3. The summed E-state index contributed by atoms with van der Waals surface area (Å²) in [6.07, 6.45) is 3.28. The molecule has 19 heavy (non-hydrogen) atoms. The van der Waals surface area contributed by atoms with Crippen molar-refractivity contribution >= 4 is 5.82 Å². The molecule has 0 aliphatic carbocycles.